The highest BCUT2D eigenvalue weighted by Gasteiger charge is 2.23. The van der Waals surface area contributed by atoms with Crippen molar-refractivity contribution in [2.75, 3.05) is 20.2 Å². The molecule has 0 radical (unpaired) electrons. The Labute approximate surface area is 147 Å². The molecule has 132 valence electrons. The zero-order valence-corrected chi connectivity index (χ0v) is 14.6. The Morgan fingerprint density at radius 2 is 1.84 bits per heavy atom. The fourth-order valence-corrected chi connectivity index (χ4v) is 3.41. The van der Waals surface area contributed by atoms with E-state index in [1.54, 1.807) is 25.4 Å². The third kappa shape index (κ3) is 4.29. The fraction of sp³-hybridized carbons (Fsp3) is 0.400. The molecule has 1 aromatic heterocycles. The van der Waals surface area contributed by atoms with Gasteiger partial charge < -0.3 is 14.2 Å². The first-order valence-corrected chi connectivity index (χ1v) is 8.72. The molecule has 1 amide bonds. The smallest absolute Gasteiger partial charge is 0.250 e. The van der Waals surface area contributed by atoms with Crippen molar-refractivity contribution >= 4 is 5.91 Å². The number of amides is 1. The lowest BCUT2D eigenvalue weighted by molar-refractivity contribution is -0.133. The Kier molecular flexibility index (Phi) is 5.53. The Bertz CT molecular complexity index is 776. The standard InChI is InChI=1S/C20H24N2O3/c1-25-18-7-3-2-6-17(18)14-16-9-12-21(13-10-16)20(24)15-22-11-5-4-8-19(22)23/h2-8,11,16H,9-10,12-15H2,1H3. The highest BCUT2D eigenvalue weighted by molar-refractivity contribution is 5.76. The molecule has 1 aliphatic rings. The first-order valence-electron chi connectivity index (χ1n) is 8.72. The van der Waals surface area contributed by atoms with Crippen LogP contribution in [0, 0.1) is 5.92 Å². The van der Waals surface area contributed by atoms with E-state index in [0.29, 0.717) is 5.92 Å². The molecule has 0 bridgehead atoms. The average molecular weight is 340 g/mol. The number of methoxy groups -OCH3 is 1. The van der Waals surface area contributed by atoms with Gasteiger partial charge >= 0.3 is 0 Å². The van der Waals surface area contributed by atoms with E-state index in [1.165, 1.54) is 16.2 Å². The predicted molar refractivity (Wildman–Crippen MR) is 96.7 cm³/mol. The van der Waals surface area contributed by atoms with Crippen LogP contribution >= 0.6 is 0 Å². The number of carbonyl (C=O) groups excluding carboxylic acids is 1. The number of hydrogen-bond acceptors (Lipinski definition) is 3. The minimum atomic E-state index is -0.137. The molecular formula is C20H24N2O3. The van der Waals surface area contributed by atoms with Gasteiger partial charge in [0.1, 0.15) is 12.3 Å². The molecule has 0 saturated carbocycles. The van der Waals surface area contributed by atoms with Gasteiger partial charge in [-0.2, -0.15) is 0 Å². The summed E-state index contributed by atoms with van der Waals surface area (Å²) in [5, 5.41) is 0. The van der Waals surface area contributed by atoms with Crippen molar-refractivity contribution in [1.29, 1.82) is 0 Å². The molecule has 3 rings (SSSR count). The molecule has 1 aromatic carbocycles. The van der Waals surface area contributed by atoms with Crippen molar-refractivity contribution in [3.63, 3.8) is 0 Å². The van der Waals surface area contributed by atoms with Gasteiger partial charge in [-0.1, -0.05) is 24.3 Å². The number of pyridine rings is 1. The topological polar surface area (TPSA) is 51.5 Å². The minimum Gasteiger partial charge on any atom is -0.496 e. The molecule has 5 nitrogen and oxygen atoms in total. The summed E-state index contributed by atoms with van der Waals surface area (Å²) in [6.07, 6.45) is 4.60. The maximum absolute atomic E-state index is 12.4. The molecule has 0 aliphatic carbocycles. The second kappa shape index (κ2) is 8.01. The summed E-state index contributed by atoms with van der Waals surface area (Å²) in [5.74, 6) is 1.51. The van der Waals surface area contributed by atoms with Crippen LogP contribution < -0.4 is 10.3 Å². The van der Waals surface area contributed by atoms with Gasteiger partial charge in [0.05, 0.1) is 7.11 Å². The fourth-order valence-electron chi connectivity index (χ4n) is 3.41. The van der Waals surface area contributed by atoms with Crippen LogP contribution in [0.4, 0.5) is 0 Å². The van der Waals surface area contributed by atoms with Crippen molar-refractivity contribution in [2.45, 2.75) is 25.8 Å². The summed E-state index contributed by atoms with van der Waals surface area (Å²) in [4.78, 5) is 26.0. The van der Waals surface area contributed by atoms with Gasteiger partial charge in [0.2, 0.25) is 5.91 Å². The van der Waals surface area contributed by atoms with E-state index in [0.717, 1.165) is 38.1 Å². The predicted octanol–water partition coefficient (Wildman–Crippen LogP) is 2.34. The van der Waals surface area contributed by atoms with Crippen LogP contribution in [-0.2, 0) is 17.8 Å². The molecule has 1 saturated heterocycles. The van der Waals surface area contributed by atoms with Gasteiger partial charge in [0.25, 0.3) is 5.56 Å². The normalized spacial score (nSPS) is 15.2. The molecule has 2 heterocycles. The number of hydrogen-bond donors (Lipinski definition) is 0. The number of rotatable bonds is 5. The van der Waals surface area contributed by atoms with Crippen LogP contribution in [0.3, 0.4) is 0 Å². The second-order valence-corrected chi connectivity index (χ2v) is 6.51. The number of ether oxygens (including phenoxy) is 1. The van der Waals surface area contributed by atoms with E-state index in [4.69, 9.17) is 4.74 Å². The van der Waals surface area contributed by atoms with Gasteiger partial charge in [-0.15, -0.1) is 0 Å². The lowest BCUT2D eigenvalue weighted by Gasteiger charge is -2.32. The maximum Gasteiger partial charge on any atom is 0.250 e. The summed E-state index contributed by atoms with van der Waals surface area (Å²) in [6.45, 7) is 1.62. The van der Waals surface area contributed by atoms with Gasteiger partial charge in [-0.3, -0.25) is 9.59 Å². The Balaban J connectivity index is 1.54. The number of likely N-dealkylation sites (tertiary alicyclic amines) is 1. The summed E-state index contributed by atoms with van der Waals surface area (Å²) in [5.41, 5.74) is 1.09. The van der Waals surface area contributed by atoms with E-state index >= 15 is 0 Å². The molecule has 0 spiro atoms. The maximum atomic E-state index is 12.4. The summed E-state index contributed by atoms with van der Waals surface area (Å²) >= 11 is 0. The average Bonchev–Trinajstić information content (AvgIpc) is 2.64. The van der Waals surface area contributed by atoms with Gasteiger partial charge in [-0.25, -0.2) is 0 Å². The van der Waals surface area contributed by atoms with Crippen molar-refractivity contribution < 1.29 is 9.53 Å². The first-order chi connectivity index (χ1) is 12.2. The van der Waals surface area contributed by atoms with Crippen LogP contribution in [0.2, 0.25) is 0 Å². The molecule has 5 heteroatoms. The van der Waals surface area contributed by atoms with E-state index in [2.05, 4.69) is 6.07 Å². The molecule has 1 aliphatic heterocycles. The number of carbonyl (C=O) groups is 1. The molecule has 0 unspecified atom stereocenters. The van der Waals surface area contributed by atoms with Gasteiger partial charge in [0.15, 0.2) is 0 Å². The summed E-state index contributed by atoms with van der Waals surface area (Å²) in [6, 6.07) is 13.1. The Morgan fingerprint density at radius 1 is 1.12 bits per heavy atom. The van der Waals surface area contributed by atoms with Crippen LogP contribution in [-0.4, -0.2) is 35.6 Å². The monoisotopic (exact) mass is 340 g/mol. The number of benzene rings is 1. The third-order valence-corrected chi connectivity index (χ3v) is 4.87. The Morgan fingerprint density at radius 3 is 2.56 bits per heavy atom. The first kappa shape index (κ1) is 17.3. The lowest BCUT2D eigenvalue weighted by Crippen LogP contribution is -2.41. The van der Waals surface area contributed by atoms with Crippen LogP contribution in [0.1, 0.15) is 18.4 Å². The molecule has 2 aromatic rings. The highest BCUT2D eigenvalue weighted by Crippen LogP contribution is 2.26. The number of aromatic nitrogens is 1. The van der Waals surface area contributed by atoms with Crippen LogP contribution in [0.15, 0.2) is 53.5 Å². The van der Waals surface area contributed by atoms with Crippen LogP contribution in [0.25, 0.3) is 0 Å². The SMILES string of the molecule is COc1ccccc1CC1CCN(C(=O)Cn2ccccc2=O)CC1. The molecule has 25 heavy (non-hydrogen) atoms. The third-order valence-electron chi connectivity index (χ3n) is 4.87. The van der Waals surface area contributed by atoms with E-state index in [1.807, 2.05) is 23.1 Å². The minimum absolute atomic E-state index is 0.0176. The number of para-hydroxylation sites is 1. The van der Waals surface area contributed by atoms with Crippen molar-refractivity contribution in [3.05, 3.63) is 64.6 Å². The largest absolute Gasteiger partial charge is 0.496 e. The van der Waals surface area contributed by atoms with E-state index < -0.39 is 0 Å². The quantitative estimate of drug-likeness (QED) is 0.839. The zero-order chi connectivity index (χ0) is 17.6. The van der Waals surface area contributed by atoms with Crippen LogP contribution in [0.5, 0.6) is 5.75 Å². The van der Waals surface area contributed by atoms with Crippen molar-refractivity contribution in [3.8, 4) is 5.75 Å². The second-order valence-electron chi connectivity index (χ2n) is 6.51. The molecule has 0 N–H and O–H groups in total. The van der Waals surface area contributed by atoms with Crippen molar-refractivity contribution in [2.24, 2.45) is 5.92 Å². The zero-order valence-electron chi connectivity index (χ0n) is 14.6. The number of nitrogens with zero attached hydrogens (tertiary/aromatic N) is 2. The van der Waals surface area contributed by atoms with E-state index in [-0.39, 0.29) is 18.0 Å². The molecule has 0 atom stereocenters. The summed E-state index contributed by atoms with van der Waals surface area (Å²) < 4.78 is 6.89. The lowest BCUT2D eigenvalue weighted by atomic mass is 9.90. The Hall–Kier alpha value is -2.56. The summed E-state index contributed by atoms with van der Waals surface area (Å²) in [7, 11) is 1.70. The van der Waals surface area contributed by atoms with Crippen molar-refractivity contribution in [1.82, 2.24) is 9.47 Å². The molecule has 1 fully saturated rings. The van der Waals surface area contributed by atoms with Gasteiger partial charge in [0, 0.05) is 25.4 Å². The highest BCUT2D eigenvalue weighted by atomic mass is 16.5. The molecular weight excluding hydrogens is 316 g/mol. The van der Waals surface area contributed by atoms with E-state index in [9.17, 15) is 9.59 Å². The van der Waals surface area contributed by atoms with Gasteiger partial charge in [-0.05, 0) is 42.9 Å². The number of piperidine rings is 1.